The molecule has 0 aromatic heterocycles. The molecular weight excluding hydrogens is 257 g/mol. The van der Waals surface area contributed by atoms with Gasteiger partial charge in [0, 0.05) is 6.54 Å². The molecule has 0 saturated heterocycles. The highest BCUT2D eigenvalue weighted by atomic mass is 19.1. The van der Waals surface area contributed by atoms with Gasteiger partial charge in [-0.15, -0.1) is 0 Å². The molecule has 0 unspecified atom stereocenters. The first kappa shape index (κ1) is 14.0. The monoisotopic (exact) mass is 273 g/mol. The first-order valence-corrected chi connectivity index (χ1v) is 6.20. The van der Waals surface area contributed by atoms with Crippen LogP contribution in [-0.4, -0.2) is 5.91 Å². The van der Waals surface area contributed by atoms with Crippen molar-refractivity contribution >= 4 is 11.6 Å². The molecule has 2 aromatic carbocycles. The van der Waals surface area contributed by atoms with Gasteiger partial charge in [0.25, 0.3) is 5.91 Å². The Morgan fingerprint density at radius 2 is 2.05 bits per heavy atom. The largest absolute Gasteiger partial charge is 0.348 e. The third-order valence-corrected chi connectivity index (χ3v) is 2.92. The van der Waals surface area contributed by atoms with E-state index in [1.165, 1.54) is 12.1 Å². The maximum atomic E-state index is 13.0. The second-order valence-corrected chi connectivity index (χ2v) is 4.51. The molecule has 4 nitrogen and oxygen atoms in total. The second-order valence-electron chi connectivity index (χ2n) is 4.51. The van der Waals surface area contributed by atoms with Crippen molar-refractivity contribution in [2.24, 2.45) is 5.84 Å². The molecule has 0 bridgehead atoms. The highest BCUT2D eigenvalue weighted by molar-refractivity contribution is 5.99. The minimum atomic E-state index is -0.323. The lowest BCUT2D eigenvalue weighted by molar-refractivity contribution is 0.0951. The standard InChI is InChI=1S/C15H16FN3O/c1-10-5-6-14(19-17)13(7-10)15(20)18-9-11-3-2-4-12(16)8-11/h2-8,19H,9,17H2,1H3,(H,18,20). The quantitative estimate of drug-likeness (QED) is 0.591. The zero-order valence-electron chi connectivity index (χ0n) is 11.1. The number of nitrogen functional groups attached to an aromatic ring is 1. The summed E-state index contributed by atoms with van der Waals surface area (Å²) in [5.74, 6) is 4.81. The topological polar surface area (TPSA) is 67.1 Å². The van der Waals surface area contributed by atoms with Crippen LogP contribution in [0.15, 0.2) is 42.5 Å². The van der Waals surface area contributed by atoms with Crippen LogP contribution in [-0.2, 0) is 6.54 Å². The Bertz CT molecular complexity index is 628. The zero-order chi connectivity index (χ0) is 14.5. The average molecular weight is 273 g/mol. The van der Waals surface area contributed by atoms with Gasteiger partial charge in [0.1, 0.15) is 5.82 Å². The predicted octanol–water partition coefficient (Wildman–Crippen LogP) is 2.35. The van der Waals surface area contributed by atoms with Crippen molar-refractivity contribution in [2.45, 2.75) is 13.5 Å². The lowest BCUT2D eigenvalue weighted by Crippen LogP contribution is -2.25. The fourth-order valence-corrected chi connectivity index (χ4v) is 1.90. The smallest absolute Gasteiger partial charge is 0.253 e. The Morgan fingerprint density at radius 3 is 2.75 bits per heavy atom. The van der Waals surface area contributed by atoms with Gasteiger partial charge in [-0.2, -0.15) is 0 Å². The number of anilines is 1. The van der Waals surface area contributed by atoms with Gasteiger partial charge in [0.05, 0.1) is 11.3 Å². The molecule has 20 heavy (non-hydrogen) atoms. The number of halogens is 1. The number of benzene rings is 2. The van der Waals surface area contributed by atoms with E-state index in [4.69, 9.17) is 5.84 Å². The molecule has 2 rings (SSSR count). The number of carbonyl (C=O) groups is 1. The van der Waals surface area contributed by atoms with E-state index in [2.05, 4.69) is 10.7 Å². The molecular formula is C15H16FN3O. The number of hydrogen-bond donors (Lipinski definition) is 3. The molecule has 0 radical (unpaired) electrons. The molecule has 0 heterocycles. The second kappa shape index (κ2) is 6.16. The lowest BCUT2D eigenvalue weighted by atomic mass is 10.1. The summed E-state index contributed by atoms with van der Waals surface area (Å²) in [5, 5.41) is 2.74. The van der Waals surface area contributed by atoms with Gasteiger partial charge in [-0.3, -0.25) is 10.6 Å². The van der Waals surface area contributed by atoms with Crippen molar-refractivity contribution < 1.29 is 9.18 Å². The van der Waals surface area contributed by atoms with Crippen molar-refractivity contribution in [2.75, 3.05) is 5.43 Å². The summed E-state index contributed by atoms with van der Waals surface area (Å²) in [6.07, 6.45) is 0. The minimum Gasteiger partial charge on any atom is -0.348 e. The van der Waals surface area contributed by atoms with Gasteiger partial charge in [0.2, 0.25) is 0 Å². The van der Waals surface area contributed by atoms with Crippen LogP contribution >= 0.6 is 0 Å². The molecule has 5 heteroatoms. The SMILES string of the molecule is Cc1ccc(NN)c(C(=O)NCc2cccc(F)c2)c1. The van der Waals surface area contributed by atoms with Crippen LogP contribution in [0.1, 0.15) is 21.5 Å². The van der Waals surface area contributed by atoms with Crippen LogP contribution in [0.2, 0.25) is 0 Å². The molecule has 2 aromatic rings. The van der Waals surface area contributed by atoms with Crippen LogP contribution in [0.3, 0.4) is 0 Å². The van der Waals surface area contributed by atoms with E-state index in [0.717, 1.165) is 5.56 Å². The molecule has 0 aliphatic heterocycles. The van der Waals surface area contributed by atoms with Crippen LogP contribution < -0.4 is 16.6 Å². The molecule has 0 aliphatic rings. The first-order chi connectivity index (χ1) is 9.60. The van der Waals surface area contributed by atoms with Crippen LogP contribution in [0, 0.1) is 12.7 Å². The van der Waals surface area contributed by atoms with Crippen LogP contribution in [0.5, 0.6) is 0 Å². The third-order valence-electron chi connectivity index (χ3n) is 2.92. The number of nitrogens with two attached hydrogens (primary N) is 1. The van der Waals surface area contributed by atoms with Gasteiger partial charge in [-0.05, 0) is 36.8 Å². The summed E-state index contributed by atoms with van der Waals surface area (Å²) in [7, 11) is 0. The Balaban J connectivity index is 2.10. The maximum Gasteiger partial charge on any atom is 0.253 e. The van der Waals surface area contributed by atoms with Gasteiger partial charge in [-0.25, -0.2) is 4.39 Å². The summed E-state index contributed by atoms with van der Waals surface area (Å²) in [5.41, 5.74) is 5.16. The van der Waals surface area contributed by atoms with Crippen molar-refractivity contribution in [3.05, 3.63) is 65.0 Å². The Labute approximate surface area is 116 Å². The van der Waals surface area contributed by atoms with E-state index < -0.39 is 0 Å². The zero-order valence-corrected chi connectivity index (χ0v) is 11.1. The number of rotatable bonds is 4. The number of amides is 1. The highest BCUT2D eigenvalue weighted by Gasteiger charge is 2.11. The molecule has 0 saturated carbocycles. The number of nitrogens with one attached hydrogen (secondary N) is 2. The lowest BCUT2D eigenvalue weighted by Gasteiger charge is -2.10. The summed E-state index contributed by atoms with van der Waals surface area (Å²) in [6, 6.07) is 11.5. The third kappa shape index (κ3) is 3.33. The van der Waals surface area contributed by atoms with Crippen molar-refractivity contribution in [1.82, 2.24) is 5.32 Å². The van der Waals surface area contributed by atoms with E-state index in [1.807, 2.05) is 13.0 Å². The minimum absolute atomic E-state index is 0.258. The molecule has 0 spiro atoms. The summed E-state index contributed by atoms with van der Waals surface area (Å²) in [6.45, 7) is 2.15. The maximum absolute atomic E-state index is 13.0. The van der Waals surface area contributed by atoms with Gasteiger partial charge in [0.15, 0.2) is 0 Å². The number of hydrogen-bond acceptors (Lipinski definition) is 3. The first-order valence-electron chi connectivity index (χ1n) is 6.20. The van der Waals surface area contributed by atoms with Crippen LogP contribution in [0.4, 0.5) is 10.1 Å². The normalized spacial score (nSPS) is 10.2. The summed E-state index contributed by atoms with van der Waals surface area (Å²) >= 11 is 0. The van der Waals surface area contributed by atoms with Gasteiger partial charge < -0.3 is 10.7 Å². The van der Waals surface area contributed by atoms with E-state index >= 15 is 0 Å². The average Bonchev–Trinajstić information content (AvgIpc) is 2.45. The van der Waals surface area contributed by atoms with Gasteiger partial charge >= 0.3 is 0 Å². The van der Waals surface area contributed by atoms with E-state index in [0.29, 0.717) is 16.8 Å². The number of carbonyl (C=O) groups excluding carboxylic acids is 1. The van der Waals surface area contributed by atoms with E-state index in [9.17, 15) is 9.18 Å². The van der Waals surface area contributed by atoms with Gasteiger partial charge in [-0.1, -0.05) is 23.8 Å². The van der Waals surface area contributed by atoms with E-state index in [-0.39, 0.29) is 18.3 Å². The number of aryl methyl sites for hydroxylation is 1. The molecule has 0 fully saturated rings. The molecule has 4 N–H and O–H groups in total. The fraction of sp³-hybridized carbons (Fsp3) is 0.133. The number of hydrazine groups is 1. The molecule has 104 valence electrons. The molecule has 0 aliphatic carbocycles. The molecule has 1 amide bonds. The van der Waals surface area contributed by atoms with Crippen molar-refractivity contribution in [3.8, 4) is 0 Å². The van der Waals surface area contributed by atoms with E-state index in [1.54, 1.807) is 24.3 Å². The van der Waals surface area contributed by atoms with Crippen molar-refractivity contribution in [1.29, 1.82) is 0 Å². The van der Waals surface area contributed by atoms with Crippen LogP contribution in [0.25, 0.3) is 0 Å². The Morgan fingerprint density at radius 1 is 1.25 bits per heavy atom. The Hall–Kier alpha value is -2.40. The summed E-state index contributed by atoms with van der Waals surface area (Å²) < 4.78 is 13.0. The Kier molecular flexibility index (Phi) is 4.32. The summed E-state index contributed by atoms with van der Waals surface area (Å²) in [4.78, 5) is 12.1. The van der Waals surface area contributed by atoms with Crippen molar-refractivity contribution in [3.63, 3.8) is 0 Å². The fourth-order valence-electron chi connectivity index (χ4n) is 1.90. The highest BCUT2D eigenvalue weighted by Crippen LogP contribution is 2.16. The predicted molar refractivity (Wildman–Crippen MR) is 76.6 cm³/mol. The molecule has 0 atom stereocenters.